The fourth-order valence-corrected chi connectivity index (χ4v) is 3.67. The molecule has 18 heavy (non-hydrogen) atoms. The molecule has 3 atom stereocenters. The Labute approximate surface area is 109 Å². The molecule has 0 aromatic carbocycles. The molecule has 0 bridgehead atoms. The lowest BCUT2D eigenvalue weighted by atomic mass is 10.0. The van der Waals surface area contributed by atoms with Crippen LogP contribution in [0.25, 0.3) is 0 Å². The van der Waals surface area contributed by atoms with Crippen molar-refractivity contribution in [2.24, 2.45) is 5.92 Å². The number of carbonyl (C=O) groups excluding carboxylic acids is 1. The van der Waals surface area contributed by atoms with Crippen LogP contribution in [0.1, 0.15) is 43.2 Å². The van der Waals surface area contributed by atoms with E-state index in [-0.39, 0.29) is 6.42 Å². The second-order valence-electron chi connectivity index (χ2n) is 4.91. The number of furan rings is 1. The first-order chi connectivity index (χ1) is 8.38. The molecule has 2 aliphatic rings. The molecule has 2 fully saturated rings. The summed E-state index contributed by atoms with van der Waals surface area (Å²) in [5, 5.41) is 0. The van der Waals surface area contributed by atoms with Crippen LogP contribution in [0.15, 0.2) is 16.5 Å². The van der Waals surface area contributed by atoms with E-state index in [0.717, 1.165) is 12.2 Å². The molecule has 7 heteroatoms. The third kappa shape index (κ3) is 1.83. The molecule has 0 radical (unpaired) electrons. The van der Waals surface area contributed by atoms with Crippen LogP contribution in [-0.2, 0) is 14.0 Å². The van der Waals surface area contributed by atoms with Crippen LogP contribution < -0.4 is 0 Å². The summed E-state index contributed by atoms with van der Waals surface area (Å²) in [5.41, 5.74) is 0. The van der Waals surface area contributed by atoms with E-state index in [9.17, 15) is 13.2 Å². The zero-order valence-corrected chi connectivity index (χ0v) is 11.2. The summed E-state index contributed by atoms with van der Waals surface area (Å²) in [6.07, 6.45) is 1.22. The first kappa shape index (κ1) is 12.0. The van der Waals surface area contributed by atoms with Crippen LogP contribution in [0.5, 0.6) is 0 Å². The fraction of sp³-hybridized carbons (Fsp3) is 0.545. The van der Waals surface area contributed by atoms with Gasteiger partial charge in [0.1, 0.15) is 17.6 Å². The standard InChI is InChI=1S/C11H12ClNO4S/c1-6-4-7(6)9-2-3-10(17-9)8-5-11(14)13(8)18(12,15)16/h2-3,6-8H,4-5H2,1H3. The predicted octanol–water partition coefficient (Wildman–Crippen LogP) is 2.16. The zero-order valence-electron chi connectivity index (χ0n) is 9.67. The number of β-lactam (4-membered cyclic amide) rings is 1. The van der Waals surface area contributed by atoms with Gasteiger partial charge in [-0.1, -0.05) is 6.92 Å². The lowest BCUT2D eigenvalue weighted by Gasteiger charge is -2.35. The molecule has 3 rings (SSSR count). The highest BCUT2D eigenvalue weighted by Gasteiger charge is 2.47. The van der Waals surface area contributed by atoms with Gasteiger partial charge in [-0.3, -0.25) is 4.79 Å². The van der Waals surface area contributed by atoms with E-state index >= 15 is 0 Å². The Morgan fingerprint density at radius 3 is 2.50 bits per heavy atom. The van der Waals surface area contributed by atoms with Gasteiger partial charge in [0.2, 0.25) is 5.91 Å². The van der Waals surface area contributed by atoms with Gasteiger partial charge in [0.15, 0.2) is 0 Å². The SMILES string of the molecule is CC1CC1c1ccc(C2CC(=O)N2S(=O)(=O)Cl)o1. The second-order valence-corrected chi connectivity index (χ2v) is 7.30. The minimum atomic E-state index is -4.02. The minimum Gasteiger partial charge on any atom is -0.464 e. The van der Waals surface area contributed by atoms with Gasteiger partial charge in [-0.2, -0.15) is 8.42 Å². The van der Waals surface area contributed by atoms with E-state index in [4.69, 9.17) is 15.1 Å². The Bertz CT molecular complexity index is 608. The largest absolute Gasteiger partial charge is 0.464 e. The van der Waals surface area contributed by atoms with Crippen molar-refractivity contribution in [3.63, 3.8) is 0 Å². The van der Waals surface area contributed by atoms with Gasteiger partial charge in [0.25, 0.3) is 0 Å². The summed E-state index contributed by atoms with van der Waals surface area (Å²) >= 11 is 0. The van der Waals surface area contributed by atoms with E-state index in [1.165, 1.54) is 0 Å². The second kappa shape index (κ2) is 3.74. The fourth-order valence-electron chi connectivity index (χ4n) is 2.35. The van der Waals surface area contributed by atoms with Crippen LogP contribution in [0.3, 0.4) is 0 Å². The van der Waals surface area contributed by atoms with Crippen molar-refractivity contribution in [2.45, 2.75) is 31.7 Å². The average Bonchev–Trinajstić information content (AvgIpc) is 2.76. The molecule has 0 spiro atoms. The van der Waals surface area contributed by atoms with Gasteiger partial charge in [-0.25, -0.2) is 4.31 Å². The van der Waals surface area contributed by atoms with E-state index in [1.807, 2.05) is 6.07 Å². The van der Waals surface area contributed by atoms with E-state index in [1.54, 1.807) is 6.07 Å². The van der Waals surface area contributed by atoms with Gasteiger partial charge >= 0.3 is 9.24 Å². The van der Waals surface area contributed by atoms with Crippen LogP contribution in [-0.4, -0.2) is 18.6 Å². The van der Waals surface area contributed by atoms with Crippen molar-refractivity contribution < 1.29 is 17.6 Å². The minimum absolute atomic E-state index is 0.124. The Hall–Kier alpha value is -1.01. The van der Waals surface area contributed by atoms with Crippen LogP contribution in [0.2, 0.25) is 0 Å². The predicted molar refractivity (Wildman–Crippen MR) is 64.2 cm³/mol. The first-order valence-electron chi connectivity index (χ1n) is 5.74. The maximum Gasteiger partial charge on any atom is 0.324 e. The lowest BCUT2D eigenvalue weighted by molar-refractivity contribution is -0.138. The summed E-state index contributed by atoms with van der Waals surface area (Å²) in [6.45, 7) is 2.13. The molecule has 0 N–H and O–H groups in total. The molecule has 1 aromatic rings. The number of carbonyl (C=O) groups is 1. The highest BCUT2D eigenvalue weighted by molar-refractivity contribution is 8.12. The van der Waals surface area contributed by atoms with Crippen molar-refractivity contribution >= 4 is 25.8 Å². The maximum absolute atomic E-state index is 11.3. The van der Waals surface area contributed by atoms with Crippen molar-refractivity contribution in [2.75, 3.05) is 0 Å². The van der Waals surface area contributed by atoms with E-state index < -0.39 is 21.2 Å². The smallest absolute Gasteiger partial charge is 0.324 e. The number of amides is 1. The quantitative estimate of drug-likeness (QED) is 0.632. The number of nitrogens with zero attached hydrogens (tertiary/aromatic N) is 1. The topological polar surface area (TPSA) is 67.6 Å². The summed E-state index contributed by atoms with van der Waals surface area (Å²) in [7, 11) is 1.19. The molecular formula is C11H12ClNO4S. The molecule has 1 saturated carbocycles. The molecule has 3 unspecified atom stereocenters. The van der Waals surface area contributed by atoms with Crippen molar-refractivity contribution in [3.8, 4) is 0 Å². The molecule has 1 saturated heterocycles. The highest BCUT2D eigenvalue weighted by atomic mass is 35.7. The summed E-state index contributed by atoms with van der Waals surface area (Å²) in [6, 6.07) is 3.00. The molecule has 2 heterocycles. The molecule has 1 aromatic heterocycles. The Kier molecular flexibility index (Phi) is 2.50. The summed E-state index contributed by atoms with van der Waals surface area (Å²) < 4.78 is 28.8. The molecule has 1 aliphatic heterocycles. The molecular weight excluding hydrogens is 278 g/mol. The van der Waals surface area contributed by atoms with Gasteiger partial charge in [0.05, 0.1) is 6.42 Å². The highest BCUT2D eigenvalue weighted by Crippen LogP contribution is 2.48. The Balaban J connectivity index is 1.83. The molecule has 98 valence electrons. The molecule has 1 amide bonds. The number of rotatable bonds is 3. The van der Waals surface area contributed by atoms with Crippen LogP contribution in [0, 0.1) is 5.92 Å². The molecule has 5 nitrogen and oxygen atoms in total. The van der Waals surface area contributed by atoms with Crippen LogP contribution >= 0.6 is 10.7 Å². The van der Waals surface area contributed by atoms with Gasteiger partial charge in [-0.15, -0.1) is 0 Å². The zero-order chi connectivity index (χ0) is 13.1. The van der Waals surface area contributed by atoms with Crippen molar-refractivity contribution in [1.29, 1.82) is 0 Å². The monoisotopic (exact) mass is 289 g/mol. The van der Waals surface area contributed by atoms with E-state index in [2.05, 4.69) is 6.92 Å². The Morgan fingerprint density at radius 2 is 2.00 bits per heavy atom. The Morgan fingerprint density at radius 1 is 1.39 bits per heavy atom. The maximum atomic E-state index is 11.3. The third-order valence-corrected chi connectivity index (χ3v) is 4.96. The van der Waals surface area contributed by atoms with Gasteiger partial charge in [-0.05, 0) is 24.5 Å². The van der Waals surface area contributed by atoms with Gasteiger partial charge < -0.3 is 4.42 Å². The number of hydrogen-bond acceptors (Lipinski definition) is 4. The van der Waals surface area contributed by atoms with Crippen molar-refractivity contribution in [3.05, 3.63) is 23.7 Å². The number of hydrogen-bond donors (Lipinski definition) is 0. The lowest BCUT2D eigenvalue weighted by Crippen LogP contribution is -2.47. The van der Waals surface area contributed by atoms with Gasteiger partial charge in [0, 0.05) is 16.6 Å². The number of halogens is 1. The van der Waals surface area contributed by atoms with Crippen molar-refractivity contribution in [1.82, 2.24) is 4.31 Å². The van der Waals surface area contributed by atoms with Crippen LogP contribution in [0.4, 0.5) is 0 Å². The first-order valence-corrected chi connectivity index (χ1v) is 8.01. The third-order valence-electron chi connectivity index (χ3n) is 3.58. The normalized spacial score (nSPS) is 31.3. The average molecular weight is 290 g/mol. The van der Waals surface area contributed by atoms with E-state index in [0.29, 0.717) is 21.9 Å². The summed E-state index contributed by atoms with van der Waals surface area (Å²) in [5.74, 6) is 1.90. The summed E-state index contributed by atoms with van der Waals surface area (Å²) in [4.78, 5) is 11.3. The molecule has 1 aliphatic carbocycles.